The fourth-order valence-corrected chi connectivity index (χ4v) is 2.18. The number of nitrogens with zero attached hydrogens (tertiary/aromatic N) is 1. The zero-order valence-electron chi connectivity index (χ0n) is 9.91. The summed E-state index contributed by atoms with van der Waals surface area (Å²) in [4.78, 5) is 13.0. The second-order valence-electron chi connectivity index (χ2n) is 4.28. The van der Waals surface area contributed by atoms with E-state index in [0.29, 0.717) is 6.54 Å². The SMILES string of the molecule is CN(Cc1ccc2c(c1)CCCO2)C(=O)CCl. The highest BCUT2D eigenvalue weighted by atomic mass is 35.5. The van der Waals surface area contributed by atoms with Crippen molar-refractivity contribution in [2.75, 3.05) is 19.5 Å². The quantitative estimate of drug-likeness (QED) is 0.773. The Bertz CT molecular complexity index is 420. The Morgan fingerprint density at radius 1 is 1.53 bits per heavy atom. The monoisotopic (exact) mass is 253 g/mol. The summed E-state index contributed by atoms with van der Waals surface area (Å²) in [6.45, 7) is 1.40. The molecule has 92 valence electrons. The van der Waals surface area contributed by atoms with Crippen molar-refractivity contribution in [3.05, 3.63) is 29.3 Å². The molecule has 1 aromatic rings. The molecule has 2 rings (SSSR count). The molecule has 0 atom stereocenters. The van der Waals surface area contributed by atoms with Gasteiger partial charge in [0.15, 0.2) is 0 Å². The van der Waals surface area contributed by atoms with E-state index in [0.717, 1.165) is 30.8 Å². The average molecular weight is 254 g/mol. The van der Waals surface area contributed by atoms with Gasteiger partial charge in [0.1, 0.15) is 11.6 Å². The Hall–Kier alpha value is -1.22. The van der Waals surface area contributed by atoms with Gasteiger partial charge >= 0.3 is 0 Å². The molecule has 0 fully saturated rings. The number of carbonyl (C=O) groups is 1. The van der Waals surface area contributed by atoms with Crippen LogP contribution in [0.15, 0.2) is 18.2 Å². The second-order valence-corrected chi connectivity index (χ2v) is 4.54. The molecule has 0 unspecified atom stereocenters. The van der Waals surface area contributed by atoms with Crippen molar-refractivity contribution >= 4 is 17.5 Å². The van der Waals surface area contributed by atoms with Gasteiger partial charge in [0, 0.05) is 13.6 Å². The summed E-state index contributed by atoms with van der Waals surface area (Å²) in [7, 11) is 1.76. The van der Waals surface area contributed by atoms with Crippen molar-refractivity contribution in [2.24, 2.45) is 0 Å². The number of amides is 1. The molecule has 0 radical (unpaired) electrons. The van der Waals surface area contributed by atoms with Crippen LogP contribution < -0.4 is 4.74 Å². The highest BCUT2D eigenvalue weighted by Crippen LogP contribution is 2.25. The average Bonchev–Trinajstić information content (AvgIpc) is 2.37. The number of carbonyl (C=O) groups excluding carboxylic acids is 1. The first-order chi connectivity index (χ1) is 8.20. The Balaban J connectivity index is 2.09. The van der Waals surface area contributed by atoms with Crippen LogP contribution in [0, 0.1) is 0 Å². The molecular weight excluding hydrogens is 238 g/mol. The summed E-state index contributed by atoms with van der Waals surface area (Å²) in [5.41, 5.74) is 2.36. The van der Waals surface area contributed by atoms with Gasteiger partial charge in [-0.15, -0.1) is 11.6 Å². The van der Waals surface area contributed by atoms with E-state index >= 15 is 0 Å². The van der Waals surface area contributed by atoms with E-state index < -0.39 is 0 Å². The Morgan fingerprint density at radius 3 is 3.12 bits per heavy atom. The third-order valence-corrected chi connectivity index (χ3v) is 3.16. The molecule has 0 N–H and O–H groups in total. The predicted octanol–water partition coefficient (Wildman–Crippen LogP) is 2.21. The smallest absolute Gasteiger partial charge is 0.237 e. The van der Waals surface area contributed by atoms with Crippen LogP contribution in [0.4, 0.5) is 0 Å². The van der Waals surface area contributed by atoms with Crippen molar-refractivity contribution < 1.29 is 9.53 Å². The van der Waals surface area contributed by atoms with Crippen molar-refractivity contribution in [1.29, 1.82) is 0 Å². The first-order valence-electron chi connectivity index (χ1n) is 5.75. The number of rotatable bonds is 3. The highest BCUT2D eigenvalue weighted by Gasteiger charge is 2.12. The van der Waals surface area contributed by atoms with Gasteiger partial charge in [0.05, 0.1) is 6.61 Å². The molecule has 4 heteroatoms. The number of aryl methyl sites for hydroxylation is 1. The first kappa shape index (κ1) is 12.2. The lowest BCUT2D eigenvalue weighted by molar-refractivity contribution is -0.127. The lowest BCUT2D eigenvalue weighted by atomic mass is 10.0. The maximum Gasteiger partial charge on any atom is 0.237 e. The van der Waals surface area contributed by atoms with E-state index in [4.69, 9.17) is 16.3 Å². The minimum absolute atomic E-state index is 0.0323. The maximum absolute atomic E-state index is 11.4. The third kappa shape index (κ3) is 2.91. The van der Waals surface area contributed by atoms with Gasteiger partial charge in [-0.3, -0.25) is 4.79 Å². The van der Waals surface area contributed by atoms with E-state index in [1.165, 1.54) is 5.56 Å². The topological polar surface area (TPSA) is 29.5 Å². The number of halogens is 1. The van der Waals surface area contributed by atoms with Gasteiger partial charge in [-0.05, 0) is 30.0 Å². The van der Waals surface area contributed by atoms with Crippen molar-refractivity contribution in [2.45, 2.75) is 19.4 Å². The van der Waals surface area contributed by atoms with E-state index in [1.807, 2.05) is 12.1 Å². The summed E-state index contributed by atoms with van der Waals surface area (Å²) in [5, 5.41) is 0. The fraction of sp³-hybridized carbons (Fsp3) is 0.462. The van der Waals surface area contributed by atoms with E-state index in [2.05, 4.69) is 6.07 Å². The molecule has 0 aliphatic carbocycles. The molecule has 0 aromatic heterocycles. The summed E-state index contributed by atoms with van der Waals surface area (Å²) >= 11 is 5.52. The fourth-order valence-electron chi connectivity index (χ4n) is 1.98. The van der Waals surface area contributed by atoms with Crippen molar-refractivity contribution in [3.63, 3.8) is 0 Å². The summed E-state index contributed by atoms with van der Waals surface area (Å²) in [6, 6.07) is 6.11. The Kier molecular flexibility index (Phi) is 3.89. The van der Waals surface area contributed by atoms with Crippen molar-refractivity contribution in [1.82, 2.24) is 4.90 Å². The molecule has 1 amide bonds. The molecule has 17 heavy (non-hydrogen) atoms. The van der Waals surface area contributed by atoms with Gasteiger partial charge in [-0.25, -0.2) is 0 Å². The lowest BCUT2D eigenvalue weighted by Gasteiger charge is -2.20. The zero-order chi connectivity index (χ0) is 12.3. The molecule has 3 nitrogen and oxygen atoms in total. The van der Waals surface area contributed by atoms with Crippen LogP contribution in [0.5, 0.6) is 5.75 Å². The third-order valence-electron chi connectivity index (χ3n) is 2.93. The van der Waals surface area contributed by atoms with Crippen LogP contribution in [-0.4, -0.2) is 30.3 Å². The predicted molar refractivity (Wildman–Crippen MR) is 67.5 cm³/mol. The molecule has 1 aliphatic rings. The van der Waals surface area contributed by atoms with Gasteiger partial charge < -0.3 is 9.64 Å². The van der Waals surface area contributed by atoms with Gasteiger partial charge in [0.2, 0.25) is 5.91 Å². The number of alkyl halides is 1. The Labute approximate surface area is 106 Å². The number of fused-ring (bicyclic) bond motifs is 1. The van der Waals surface area contributed by atoms with E-state index in [-0.39, 0.29) is 11.8 Å². The largest absolute Gasteiger partial charge is 0.493 e. The minimum atomic E-state index is -0.0550. The standard InChI is InChI=1S/C13H16ClNO2/c1-15(13(16)8-14)9-10-4-5-12-11(7-10)3-2-6-17-12/h4-5,7H,2-3,6,8-9H2,1H3. The molecule has 1 aromatic carbocycles. The molecule has 0 saturated heterocycles. The van der Waals surface area contributed by atoms with Crippen LogP contribution in [0.2, 0.25) is 0 Å². The number of ether oxygens (including phenoxy) is 1. The number of hydrogen-bond acceptors (Lipinski definition) is 2. The minimum Gasteiger partial charge on any atom is -0.493 e. The van der Waals surface area contributed by atoms with E-state index in [1.54, 1.807) is 11.9 Å². The van der Waals surface area contributed by atoms with Gasteiger partial charge in [0.25, 0.3) is 0 Å². The molecule has 1 heterocycles. The first-order valence-corrected chi connectivity index (χ1v) is 6.28. The molecule has 1 aliphatic heterocycles. The van der Waals surface area contributed by atoms with Crippen molar-refractivity contribution in [3.8, 4) is 5.75 Å². The lowest BCUT2D eigenvalue weighted by Crippen LogP contribution is -2.27. The van der Waals surface area contributed by atoms with Gasteiger partial charge in [-0.2, -0.15) is 0 Å². The van der Waals surface area contributed by atoms with Crippen LogP contribution in [0.3, 0.4) is 0 Å². The summed E-state index contributed by atoms with van der Waals surface area (Å²) < 4.78 is 5.55. The van der Waals surface area contributed by atoms with Crippen LogP contribution in [0.1, 0.15) is 17.5 Å². The maximum atomic E-state index is 11.4. The molecule has 0 spiro atoms. The van der Waals surface area contributed by atoms with E-state index in [9.17, 15) is 4.79 Å². The number of hydrogen-bond donors (Lipinski definition) is 0. The summed E-state index contributed by atoms with van der Waals surface area (Å²) in [6.07, 6.45) is 2.11. The normalized spacial score (nSPS) is 13.8. The zero-order valence-corrected chi connectivity index (χ0v) is 10.7. The summed E-state index contributed by atoms with van der Waals surface area (Å²) in [5.74, 6) is 0.955. The van der Waals surface area contributed by atoms with Crippen LogP contribution in [-0.2, 0) is 17.8 Å². The van der Waals surface area contributed by atoms with Crippen LogP contribution >= 0.6 is 11.6 Å². The van der Waals surface area contributed by atoms with Gasteiger partial charge in [-0.1, -0.05) is 12.1 Å². The molecule has 0 saturated carbocycles. The Morgan fingerprint density at radius 2 is 2.35 bits per heavy atom. The second kappa shape index (κ2) is 5.41. The number of benzene rings is 1. The van der Waals surface area contributed by atoms with Crippen LogP contribution in [0.25, 0.3) is 0 Å². The molecule has 0 bridgehead atoms. The highest BCUT2D eigenvalue weighted by molar-refractivity contribution is 6.27. The molecular formula is C13H16ClNO2.